The first kappa shape index (κ1) is 9.59. The molecule has 2 heteroatoms. The van der Waals surface area contributed by atoms with Crippen molar-refractivity contribution < 1.29 is 6.53 Å². The summed E-state index contributed by atoms with van der Waals surface area (Å²) < 4.78 is 0. The zero-order valence-electron chi connectivity index (χ0n) is 8.06. The highest BCUT2D eigenvalue weighted by Gasteiger charge is 2.17. The van der Waals surface area contributed by atoms with Gasteiger partial charge in [-0.25, -0.2) is 0 Å². The van der Waals surface area contributed by atoms with Gasteiger partial charge in [0, 0.05) is 20.1 Å². The number of aliphatic hydroxyl groups is 1. The van der Waals surface area contributed by atoms with Gasteiger partial charge in [-0.1, -0.05) is 12.5 Å². The predicted molar refractivity (Wildman–Crippen MR) is 53.0 cm³/mol. The Morgan fingerprint density at radius 3 is 2.92 bits per heavy atom. The van der Waals surface area contributed by atoms with E-state index in [0.29, 0.717) is 0 Å². The maximum atomic E-state index is 9.45. The molecule has 72 valence electrons. The molecule has 0 saturated carbocycles. The highest BCUT2D eigenvalue weighted by Crippen LogP contribution is 2.25. The van der Waals surface area contributed by atoms with E-state index in [1.54, 1.807) is 0 Å². The fraction of sp³-hybridized carbons (Fsp3) is 0.800. The highest BCUT2D eigenvalue weighted by molar-refractivity contribution is 5.16. The van der Waals surface area contributed by atoms with Gasteiger partial charge in [-0.05, 0) is 26.2 Å². The molecule has 2 nitrogen and oxygen atoms in total. The summed E-state index contributed by atoms with van der Waals surface area (Å²) in [6, 6.07) is 0. The third-order valence-electron chi connectivity index (χ3n) is 2.46. The van der Waals surface area contributed by atoms with Crippen LogP contribution in [-0.4, -0.2) is 17.8 Å². The van der Waals surface area contributed by atoms with Crippen molar-refractivity contribution in [1.82, 2.24) is 5.32 Å². The SMILES string of the molecule is CCNC1=C(CC)CCC(O)C1.[HH]. The maximum absolute atomic E-state index is 9.45. The van der Waals surface area contributed by atoms with Crippen molar-refractivity contribution in [3.63, 3.8) is 0 Å². The molecule has 0 spiro atoms. The first-order valence-corrected chi connectivity index (χ1v) is 4.90. The Balaban J connectivity index is 0.00000144. The van der Waals surface area contributed by atoms with Crippen LogP contribution in [0.5, 0.6) is 0 Å². The largest absolute Gasteiger partial charge is 0.393 e. The van der Waals surface area contributed by atoms with E-state index in [1.165, 1.54) is 11.3 Å². The number of hydrogen-bond donors (Lipinski definition) is 2. The standard InChI is InChI=1S/C10H19NO.H2/c1-3-8-5-6-9(12)7-10(8)11-4-2;/h9,11-12H,3-7H2,1-2H3;1H. The first-order valence-electron chi connectivity index (χ1n) is 4.90. The molecule has 1 aliphatic carbocycles. The minimum Gasteiger partial charge on any atom is -0.393 e. The maximum Gasteiger partial charge on any atom is 0.0597 e. The van der Waals surface area contributed by atoms with Crippen molar-refractivity contribution in [1.29, 1.82) is 0 Å². The van der Waals surface area contributed by atoms with Gasteiger partial charge >= 0.3 is 0 Å². The smallest absolute Gasteiger partial charge is 0.0597 e. The number of allylic oxidation sites excluding steroid dienone is 1. The summed E-state index contributed by atoms with van der Waals surface area (Å²) in [6.07, 6.45) is 3.85. The third-order valence-corrected chi connectivity index (χ3v) is 2.46. The van der Waals surface area contributed by atoms with E-state index < -0.39 is 0 Å². The van der Waals surface area contributed by atoms with E-state index >= 15 is 0 Å². The normalized spacial score (nSPS) is 24.4. The van der Waals surface area contributed by atoms with Crippen LogP contribution in [0.25, 0.3) is 0 Å². The van der Waals surface area contributed by atoms with E-state index in [9.17, 15) is 5.11 Å². The molecular weight excluding hydrogens is 150 g/mol. The number of hydrogen-bond acceptors (Lipinski definition) is 2. The molecule has 0 aromatic rings. The first-order chi connectivity index (χ1) is 5.77. The lowest BCUT2D eigenvalue weighted by atomic mass is 9.92. The summed E-state index contributed by atoms with van der Waals surface area (Å²) in [4.78, 5) is 0. The number of aliphatic hydroxyl groups excluding tert-OH is 1. The molecule has 0 radical (unpaired) electrons. The highest BCUT2D eigenvalue weighted by atomic mass is 16.3. The second-order valence-corrected chi connectivity index (χ2v) is 3.36. The number of nitrogens with one attached hydrogen (secondary N) is 1. The molecule has 1 rings (SSSR count). The van der Waals surface area contributed by atoms with Crippen molar-refractivity contribution in [2.75, 3.05) is 6.54 Å². The van der Waals surface area contributed by atoms with Gasteiger partial charge in [-0.2, -0.15) is 0 Å². The minimum absolute atomic E-state index is 0. The van der Waals surface area contributed by atoms with E-state index in [2.05, 4.69) is 19.2 Å². The average Bonchev–Trinajstić information content (AvgIpc) is 2.05. The van der Waals surface area contributed by atoms with Crippen LogP contribution in [0.3, 0.4) is 0 Å². The van der Waals surface area contributed by atoms with Gasteiger partial charge in [-0.3, -0.25) is 0 Å². The molecule has 0 aliphatic heterocycles. The second kappa shape index (κ2) is 4.51. The lowest BCUT2D eigenvalue weighted by molar-refractivity contribution is 0.155. The predicted octanol–water partition coefficient (Wildman–Crippen LogP) is 2.05. The van der Waals surface area contributed by atoms with Gasteiger partial charge in [0.05, 0.1) is 6.10 Å². The van der Waals surface area contributed by atoms with Crippen LogP contribution in [-0.2, 0) is 0 Å². The van der Waals surface area contributed by atoms with Gasteiger partial charge in [0.15, 0.2) is 0 Å². The number of rotatable bonds is 3. The Hall–Kier alpha value is -0.500. The molecule has 1 unspecified atom stereocenters. The van der Waals surface area contributed by atoms with Crippen LogP contribution >= 0.6 is 0 Å². The Labute approximate surface area is 76.2 Å². The van der Waals surface area contributed by atoms with E-state index in [4.69, 9.17) is 0 Å². The van der Waals surface area contributed by atoms with Gasteiger partial charge in [-0.15, -0.1) is 0 Å². The zero-order chi connectivity index (χ0) is 8.97. The summed E-state index contributed by atoms with van der Waals surface area (Å²) in [5.74, 6) is 0. The fourth-order valence-corrected chi connectivity index (χ4v) is 1.77. The fourth-order valence-electron chi connectivity index (χ4n) is 1.77. The minimum atomic E-state index is -0.116. The molecule has 0 fully saturated rings. The van der Waals surface area contributed by atoms with Crippen LogP contribution in [0.15, 0.2) is 11.3 Å². The molecule has 0 bridgehead atoms. The Morgan fingerprint density at radius 1 is 1.58 bits per heavy atom. The quantitative estimate of drug-likeness (QED) is 0.681. The molecule has 12 heavy (non-hydrogen) atoms. The summed E-state index contributed by atoms with van der Waals surface area (Å²) in [5.41, 5.74) is 2.79. The van der Waals surface area contributed by atoms with Crippen molar-refractivity contribution >= 4 is 0 Å². The lowest BCUT2D eigenvalue weighted by Gasteiger charge is -2.24. The molecular formula is C10H21NO. The van der Waals surface area contributed by atoms with Crippen molar-refractivity contribution in [3.05, 3.63) is 11.3 Å². The summed E-state index contributed by atoms with van der Waals surface area (Å²) in [6.45, 7) is 5.25. The van der Waals surface area contributed by atoms with Gasteiger partial charge in [0.25, 0.3) is 0 Å². The van der Waals surface area contributed by atoms with E-state index in [0.717, 1.165) is 32.2 Å². The van der Waals surface area contributed by atoms with Crippen LogP contribution < -0.4 is 5.32 Å². The van der Waals surface area contributed by atoms with Crippen LogP contribution in [0.4, 0.5) is 0 Å². The summed E-state index contributed by atoms with van der Waals surface area (Å²) in [5, 5.41) is 12.8. The third kappa shape index (κ3) is 2.24. The van der Waals surface area contributed by atoms with Gasteiger partial charge in [0.1, 0.15) is 0 Å². The molecule has 0 heterocycles. The van der Waals surface area contributed by atoms with Crippen LogP contribution in [0.2, 0.25) is 0 Å². The Kier molecular flexibility index (Phi) is 3.60. The van der Waals surface area contributed by atoms with E-state index in [-0.39, 0.29) is 7.53 Å². The second-order valence-electron chi connectivity index (χ2n) is 3.36. The molecule has 0 saturated heterocycles. The molecule has 1 aliphatic rings. The topological polar surface area (TPSA) is 32.3 Å². The summed E-state index contributed by atoms with van der Waals surface area (Å²) in [7, 11) is 0. The monoisotopic (exact) mass is 171 g/mol. The Bertz CT molecular complexity index is 180. The van der Waals surface area contributed by atoms with Crippen molar-refractivity contribution in [3.8, 4) is 0 Å². The lowest BCUT2D eigenvalue weighted by Crippen LogP contribution is -2.24. The van der Waals surface area contributed by atoms with Crippen LogP contribution in [0.1, 0.15) is 41.0 Å². The van der Waals surface area contributed by atoms with Crippen molar-refractivity contribution in [2.24, 2.45) is 0 Å². The van der Waals surface area contributed by atoms with Gasteiger partial charge in [0.2, 0.25) is 0 Å². The molecule has 0 aromatic carbocycles. The van der Waals surface area contributed by atoms with Gasteiger partial charge < -0.3 is 10.4 Å². The zero-order valence-corrected chi connectivity index (χ0v) is 8.06. The molecule has 2 N–H and O–H groups in total. The van der Waals surface area contributed by atoms with E-state index in [1.807, 2.05) is 0 Å². The van der Waals surface area contributed by atoms with Crippen molar-refractivity contribution in [2.45, 2.75) is 45.6 Å². The average molecular weight is 171 g/mol. The molecule has 0 aromatic heterocycles. The Morgan fingerprint density at radius 2 is 2.33 bits per heavy atom. The molecule has 0 amide bonds. The molecule has 1 atom stereocenters. The van der Waals surface area contributed by atoms with Crippen LogP contribution in [0, 0.1) is 0 Å². The summed E-state index contributed by atoms with van der Waals surface area (Å²) >= 11 is 0.